The number of hydrazine groups is 1. The van der Waals surface area contributed by atoms with Crippen LogP contribution < -0.4 is 11.3 Å². The number of alkyl halides is 7. The van der Waals surface area contributed by atoms with E-state index in [0.717, 1.165) is 12.1 Å². The fraction of sp³-hybridized carbons (Fsp3) is 0.333. The maximum atomic E-state index is 13.2. The molecule has 12 heteroatoms. The van der Waals surface area contributed by atoms with Crippen molar-refractivity contribution < 1.29 is 39.2 Å². The molecule has 0 aliphatic carbocycles. The van der Waals surface area contributed by atoms with Crippen LogP contribution in [0.2, 0.25) is 0 Å². The van der Waals surface area contributed by atoms with Gasteiger partial charge in [0.2, 0.25) is 9.84 Å². The molecule has 0 aliphatic heterocycles. The largest absolute Gasteiger partial charge is 0.461 e. The van der Waals surface area contributed by atoms with Crippen LogP contribution in [0.1, 0.15) is 0 Å². The molecule has 0 aromatic heterocycles. The molecule has 0 unspecified atom stereocenters. The molecule has 0 saturated carbocycles. The molecule has 0 fully saturated rings. The SMILES string of the molecule is NNc1ccc(S(=O)(=O)C(F)(F)C(F)(F)C(F)(F)F)cc1. The van der Waals surface area contributed by atoms with Crippen LogP contribution in [0, 0.1) is 0 Å². The summed E-state index contributed by atoms with van der Waals surface area (Å²) in [7, 11) is -6.28. The van der Waals surface area contributed by atoms with Gasteiger partial charge in [-0.25, -0.2) is 8.42 Å². The Morgan fingerprint density at radius 3 is 1.67 bits per heavy atom. The third-order valence-corrected chi connectivity index (χ3v) is 4.21. The molecule has 1 aromatic rings. The molecule has 0 amide bonds. The Morgan fingerprint density at radius 1 is 0.905 bits per heavy atom. The fourth-order valence-electron chi connectivity index (χ4n) is 1.21. The summed E-state index contributed by atoms with van der Waals surface area (Å²) in [6.07, 6.45) is -6.73. The second-order valence-electron chi connectivity index (χ2n) is 3.76. The lowest BCUT2D eigenvalue weighted by Gasteiger charge is -2.27. The lowest BCUT2D eigenvalue weighted by atomic mass is 10.3. The molecule has 0 heterocycles. The molecule has 0 aliphatic rings. The predicted octanol–water partition coefficient (Wildman–Crippen LogP) is 2.54. The molecular weight excluding hydrogens is 333 g/mol. The Balaban J connectivity index is 3.40. The number of rotatable bonds is 4. The number of sulfone groups is 1. The van der Waals surface area contributed by atoms with Crippen molar-refractivity contribution in [3.63, 3.8) is 0 Å². The molecule has 0 radical (unpaired) electrons. The molecule has 1 rings (SSSR count). The Kier molecular flexibility index (Phi) is 4.18. The highest BCUT2D eigenvalue weighted by Gasteiger charge is 2.78. The number of benzene rings is 1. The van der Waals surface area contributed by atoms with E-state index in [1.165, 1.54) is 0 Å². The summed E-state index contributed by atoms with van der Waals surface area (Å²) in [5.41, 5.74) is 2.02. The number of nitrogens with two attached hydrogens (primary N) is 1. The third-order valence-electron chi connectivity index (χ3n) is 2.39. The summed E-state index contributed by atoms with van der Waals surface area (Å²) < 4.78 is 111. The molecule has 0 spiro atoms. The van der Waals surface area contributed by atoms with Gasteiger partial charge in [0.25, 0.3) is 0 Å². The van der Waals surface area contributed by atoms with E-state index in [1.807, 2.05) is 5.43 Å². The molecule has 120 valence electrons. The highest BCUT2D eigenvalue weighted by molar-refractivity contribution is 7.92. The minimum atomic E-state index is -6.75. The number of hydrogen-bond acceptors (Lipinski definition) is 4. The van der Waals surface area contributed by atoms with Crippen LogP contribution in [-0.4, -0.2) is 25.8 Å². The number of anilines is 1. The lowest BCUT2D eigenvalue weighted by Crippen LogP contribution is -2.55. The van der Waals surface area contributed by atoms with E-state index in [0.29, 0.717) is 12.1 Å². The molecule has 4 nitrogen and oxygen atoms in total. The van der Waals surface area contributed by atoms with Gasteiger partial charge < -0.3 is 5.43 Å². The molecule has 0 atom stereocenters. The van der Waals surface area contributed by atoms with Crippen molar-refractivity contribution in [1.82, 2.24) is 0 Å². The number of nitrogen functional groups attached to an aromatic ring is 1. The van der Waals surface area contributed by atoms with E-state index in [-0.39, 0.29) is 5.69 Å². The van der Waals surface area contributed by atoms with Crippen molar-refractivity contribution in [2.24, 2.45) is 5.84 Å². The molecule has 21 heavy (non-hydrogen) atoms. The number of halogens is 7. The monoisotopic (exact) mass is 340 g/mol. The summed E-state index contributed by atoms with van der Waals surface area (Å²) in [5.74, 6) is -1.84. The van der Waals surface area contributed by atoms with Crippen molar-refractivity contribution in [2.75, 3.05) is 5.43 Å². The van der Waals surface area contributed by atoms with Crippen LogP contribution in [0.25, 0.3) is 0 Å². The first kappa shape index (κ1) is 17.5. The first-order chi connectivity index (χ1) is 9.29. The summed E-state index contributed by atoms with van der Waals surface area (Å²) in [5, 5.41) is -6.37. The van der Waals surface area contributed by atoms with E-state index in [9.17, 15) is 39.2 Å². The van der Waals surface area contributed by atoms with Crippen molar-refractivity contribution >= 4 is 15.5 Å². The summed E-state index contributed by atoms with van der Waals surface area (Å²) in [6.45, 7) is 0. The topological polar surface area (TPSA) is 72.2 Å². The lowest BCUT2D eigenvalue weighted by molar-refractivity contribution is -0.332. The van der Waals surface area contributed by atoms with Gasteiger partial charge in [-0.2, -0.15) is 30.7 Å². The normalized spacial score (nSPS) is 14.1. The third kappa shape index (κ3) is 2.64. The number of hydrogen-bond donors (Lipinski definition) is 2. The summed E-state index contributed by atoms with van der Waals surface area (Å²) in [6, 6.07) is 2.47. The van der Waals surface area contributed by atoms with Gasteiger partial charge in [0, 0.05) is 5.69 Å². The molecule has 0 bridgehead atoms. The van der Waals surface area contributed by atoms with Gasteiger partial charge >= 0.3 is 17.4 Å². The average molecular weight is 340 g/mol. The van der Waals surface area contributed by atoms with E-state index in [4.69, 9.17) is 5.84 Å². The van der Waals surface area contributed by atoms with Crippen LogP contribution >= 0.6 is 0 Å². The average Bonchev–Trinajstić information content (AvgIpc) is 2.37. The van der Waals surface area contributed by atoms with Gasteiger partial charge in [0.05, 0.1) is 4.90 Å². The van der Waals surface area contributed by atoms with E-state index < -0.39 is 32.1 Å². The van der Waals surface area contributed by atoms with Crippen molar-refractivity contribution in [2.45, 2.75) is 22.2 Å². The van der Waals surface area contributed by atoms with Gasteiger partial charge in [0.1, 0.15) is 0 Å². The molecule has 3 N–H and O–H groups in total. The zero-order valence-corrected chi connectivity index (χ0v) is 10.6. The molecular formula is C9H7F7N2O2S. The van der Waals surface area contributed by atoms with E-state index in [1.54, 1.807) is 0 Å². The van der Waals surface area contributed by atoms with Gasteiger partial charge in [-0.1, -0.05) is 0 Å². The Bertz CT molecular complexity index is 610. The standard InChI is InChI=1S/C9H7F7N2O2S/c10-7(11,8(12,13)14)9(15,16)21(19,20)6-3-1-5(18-17)2-4-6/h1-4,18H,17H2. The highest BCUT2D eigenvalue weighted by atomic mass is 32.2. The van der Waals surface area contributed by atoms with Crippen molar-refractivity contribution in [3.8, 4) is 0 Å². The second-order valence-corrected chi connectivity index (χ2v) is 5.75. The highest BCUT2D eigenvalue weighted by Crippen LogP contribution is 2.50. The van der Waals surface area contributed by atoms with Gasteiger partial charge in [-0.15, -0.1) is 0 Å². The van der Waals surface area contributed by atoms with Gasteiger partial charge in [-0.3, -0.25) is 5.84 Å². The molecule has 0 saturated heterocycles. The van der Waals surface area contributed by atoms with Crippen LogP contribution in [0.4, 0.5) is 36.4 Å². The molecule has 1 aromatic carbocycles. The minimum absolute atomic E-state index is 0.0276. The van der Waals surface area contributed by atoms with E-state index >= 15 is 0 Å². The Labute approximate surface area is 113 Å². The van der Waals surface area contributed by atoms with Gasteiger partial charge in [-0.05, 0) is 24.3 Å². The quantitative estimate of drug-likeness (QED) is 0.502. The van der Waals surface area contributed by atoms with Crippen LogP contribution in [0.5, 0.6) is 0 Å². The van der Waals surface area contributed by atoms with E-state index in [2.05, 4.69) is 0 Å². The first-order valence-electron chi connectivity index (χ1n) is 4.92. The Hall–Kier alpha value is -1.56. The maximum absolute atomic E-state index is 13.2. The maximum Gasteiger partial charge on any atom is 0.461 e. The summed E-state index contributed by atoms with van der Waals surface area (Å²) >= 11 is 0. The first-order valence-corrected chi connectivity index (χ1v) is 6.41. The Morgan fingerprint density at radius 2 is 1.33 bits per heavy atom. The van der Waals surface area contributed by atoms with Crippen LogP contribution in [0.15, 0.2) is 29.2 Å². The smallest absolute Gasteiger partial charge is 0.324 e. The minimum Gasteiger partial charge on any atom is -0.324 e. The van der Waals surface area contributed by atoms with Gasteiger partial charge in [0.15, 0.2) is 0 Å². The second kappa shape index (κ2) is 5.02. The fourth-order valence-corrected chi connectivity index (χ4v) is 2.46. The van der Waals surface area contributed by atoms with Crippen LogP contribution in [0.3, 0.4) is 0 Å². The zero-order chi connectivity index (χ0) is 16.7. The number of nitrogens with one attached hydrogen (secondary N) is 1. The van der Waals surface area contributed by atoms with Crippen LogP contribution in [-0.2, 0) is 9.84 Å². The zero-order valence-electron chi connectivity index (χ0n) is 9.76. The predicted molar refractivity (Wildman–Crippen MR) is 57.4 cm³/mol. The summed E-state index contributed by atoms with van der Waals surface area (Å²) in [4.78, 5) is -1.41. The van der Waals surface area contributed by atoms with Crippen molar-refractivity contribution in [3.05, 3.63) is 24.3 Å². The van der Waals surface area contributed by atoms with Crippen molar-refractivity contribution in [1.29, 1.82) is 0 Å².